The summed E-state index contributed by atoms with van der Waals surface area (Å²) in [7, 11) is 0. The first kappa shape index (κ1) is 19.6. The van der Waals surface area contributed by atoms with E-state index in [0.717, 1.165) is 28.2 Å². The Balaban J connectivity index is 1.41. The van der Waals surface area contributed by atoms with Crippen LogP contribution in [0, 0.1) is 11.3 Å². The number of nitrogens with zero attached hydrogens (tertiary/aromatic N) is 3. The molecular formula is C26H20N4O2. The van der Waals surface area contributed by atoms with E-state index >= 15 is 0 Å². The maximum Gasteiger partial charge on any atom is 0.254 e. The molecular weight excluding hydrogens is 400 g/mol. The maximum absolute atomic E-state index is 13.4. The highest BCUT2D eigenvalue weighted by molar-refractivity contribution is 5.95. The molecule has 1 fully saturated rings. The molecule has 1 aromatic heterocycles. The number of allylic oxidation sites excluding steroid dienone is 1. The first-order valence-electron chi connectivity index (χ1n) is 10.4. The Morgan fingerprint density at radius 3 is 2.50 bits per heavy atom. The van der Waals surface area contributed by atoms with Crippen molar-refractivity contribution in [2.75, 3.05) is 6.54 Å². The lowest BCUT2D eigenvalue weighted by Gasteiger charge is -2.23. The lowest BCUT2D eigenvalue weighted by Crippen LogP contribution is -2.31. The van der Waals surface area contributed by atoms with Crippen LogP contribution in [0.1, 0.15) is 28.6 Å². The summed E-state index contributed by atoms with van der Waals surface area (Å²) in [6, 6.07) is 26.2. The number of rotatable bonds is 4. The molecule has 3 aromatic carbocycles. The molecule has 1 unspecified atom stereocenters. The molecule has 6 heteroatoms. The summed E-state index contributed by atoms with van der Waals surface area (Å²) in [5.74, 6) is 2.02. The smallest absolute Gasteiger partial charge is 0.254 e. The van der Waals surface area contributed by atoms with Crippen molar-refractivity contribution in [3.8, 4) is 17.6 Å². The topological polar surface area (TPSA) is 82.0 Å². The number of likely N-dealkylation sites (tertiary alicyclic amines) is 1. The van der Waals surface area contributed by atoms with Gasteiger partial charge in [-0.1, -0.05) is 30.3 Å². The van der Waals surface area contributed by atoms with E-state index in [1.54, 1.807) is 29.2 Å². The molecule has 0 aliphatic carbocycles. The average Bonchev–Trinajstić information content (AvgIpc) is 3.44. The molecule has 1 saturated heterocycles. The molecule has 32 heavy (non-hydrogen) atoms. The summed E-state index contributed by atoms with van der Waals surface area (Å²) in [5.41, 5.74) is 3.25. The summed E-state index contributed by atoms with van der Waals surface area (Å²) in [4.78, 5) is 23.2. The Hall–Kier alpha value is -4.37. The van der Waals surface area contributed by atoms with Gasteiger partial charge in [-0.05, 0) is 60.5 Å². The van der Waals surface area contributed by atoms with Crippen LogP contribution in [0.5, 0.6) is 11.5 Å². The quantitative estimate of drug-likeness (QED) is 0.449. The Kier molecular flexibility index (Phi) is 5.14. The monoisotopic (exact) mass is 420 g/mol. The molecule has 5 rings (SSSR count). The van der Waals surface area contributed by atoms with Gasteiger partial charge in [-0.15, -0.1) is 0 Å². The minimum atomic E-state index is -0.255. The fraction of sp³-hybridized carbons (Fsp3) is 0.115. The summed E-state index contributed by atoms with van der Waals surface area (Å²) in [6.45, 7) is 0.399. The van der Waals surface area contributed by atoms with Crippen molar-refractivity contribution in [2.24, 2.45) is 0 Å². The van der Waals surface area contributed by atoms with Crippen LogP contribution in [0.15, 0.2) is 90.5 Å². The molecule has 1 aliphatic rings. The van der Waals surface area contributed by atoms with Gasteiger partial charge in [0.1, 0.15) is 17.3 Å². The van der Waals surface area contributed by atoms with E-state index in [4.69, 9.17) is 15.0 Å². The molecule has 1 amide bonds. The number of hydrogen-bond donors (Lipinski definition) is 1. The number of aromatic amines is 1. The Bertz CT molecular complexity index is 1300. The van der Waals surface area contributed by atoms with Crippen LogP contribution in [0.25, 0.3) is 11.0 Å². The van der Waals surface area contributed by atoms with Crippen LogP contribution in [-0.2, 0) is 0 Å². The van der Waals surface area contributed by atoms with E-state index in [2.05, 4.69) is 11.1 Å². The average molecular weight is 420 g/mol. The molecule has 1 aliphatic heterocycles. The number of imidazole rings is 1. The van der Waals surface area contributed by atoms with Crippen molar-refractivity contribution < 1.29 is 9.53 Å². The van der Waals surface area contributed by atoms with Gasteiger partial charge in [0.2, 0.25) is 0 Å². The van der Waals surface area contributed by atoms with E-state index in [1.165, 1.54) is 6.08 Å². The number of benzene rings is 3. The summed E-state index contributed by atoms with van der Waals surface area (Å²) in [6.07, 6.45) is 2.11. The summed E-state index contributed by atoms with van der Waals surface area (Å²) < 4.78 is 5.83. The first-order chi connectivity index (χ1) is 15.7. The molecule has 2 heterocycles. The molecule has 4 aromatic rings. The fourth-order valence-electron chi connectivity index (χ4n) is 3.99. The van der Waals surface area contributed by atoms with Gasteiger partial charge in [0.05, 0.1) is 23.1 Å². The third-order valence-corrected chi connectivity index (χ3v) is 5.54. The Morgan fingerprint density at radius 2 is 1.75 bits per heavy atom. The predicted molar refractivity (Wildman–Crippen MR) is 121 cm³/mol. The van der Waals surface area contributed by atoms with Gasteiger partial charge < -0.3 is 14.6 Å². The Labute approximate surface area is 185 Å². The van der Waals surface area contributed by atoms with Crippen molar-refractivity contribution in [2.45, 2.75) is 12.5 Å². The van der Waals surface area contributed by atoms with E-state index in [1.807, 2.05) is 54.6 Å². The second-order valence-corrected chi connectivity index (χ2v) is 7.66. The van der Waals surface area contributed by atoms with Crippen molar-refractivity contribution in [3.63, 3.8) is 0 Å². The highest BCUT2D eigenvalue weighted by Gasteiger charge is 2.35. The van der Waals surface area contributed by atoms with Gasteiger partial charge in [0, 0.05) is 18.2 Å². The van der Waals surface area contributed by atoms with Gasteiger partial charge >= 0.3 is 0 Å². The number of fused-ring (bicyclic) bond motifs is 1. The number of amides is 1. The van der Waals surface area contributed by atoms with E-state index in [-0.39, 0.29) is 11.9 Å². The number of nitriles is 1. The second kappa shape index (κ2) is 8.40. The second-order valence-electron chi connectivity index (χ2n) is 7.66. The number of carbonyl (C=O) groups excluding carboxylic acids is 1. The van der Waals surface area contributed by atoms with Gasteiger partial charge in [0.25, 0.3) is 5.91 Å². The van der Waals surface area contributed by atoms with Crippen LogP contribution < -0.4 is 4.74 Å². The lowest BCUT2D eigenvalue weighted by molar-refractivity contribution is 0.0733. The van der Waals surface area contributed by atoms with Crippen molar-refractivity contribution in [1.82, 2.24) is 14.9 Å². The zero-order valence-electron chi connectivity index (χ0n) is 17.2. The van der Waals surface area contributed by atoms with Crippen molar-refractivity contribution in [3.05, 3.63) is 102 Å². The number of nitrogens with one attached hydrogen (secondary N) is 1. The van der Waals surface area contributed by atoms with Crippen LogP contribution in [0.2, 0.25) is 0 Å². The molecule has 0 radical (unpaired) electrons. The van der Waals surface area contributed by atoms with Crippen LogP contribution in [-0.4, -0.2) is 27.3 Å². The number of H-pyrrole nitrogens is 1. The highest BCUT2D eigenvalue weighted by atomic mass is 16.5. The fourth-order valence-corrected chi connectivity index (χ4v) is 3.99. The highest BCUT2D eigenvalue weighted by Crippen LogP contribution is 2.36. The molecule has 0 saturated carbocycles. The molecule has 0 bridgehead atoms. The number of aromatic nitrogens is 2. The molecule has 6 nitrogen and oxygen atoms in total. The van der Waals surface area contributed by atoms with Gasteiger partial charge in [-0.25, -0.2) is 4.98 Å². The number of carbonyl (C=O) groups is 1. The van der Waals surface area contributed by atoms with Gasteiger partial charge in [-0.2, -0.15) is 5.26 Å². The third kappa shape index (κ3) is 3.84. The van der Waals surface area contributed by atoms with Crippen molar-refractivity contribution in [1.29, 1.82) is 5.26 Å². The van der Waals surface area contributed by atoms with Crippen LogP contribution in [0.4, 0.5) is 0 Å². The minimum Gasteiger partial charge on any atom is -0.457 e. The summed E-state index contributed by atoms with van der Waals surface area (Å²) in [5, 5.41) is 9.12. The normalized spacial score (nSPS) is 16.9. The van der Waals surface area contributed by atoms with E-state index < -0.39 is 0 Å². The maximum atomic E-state index is 13.4. The third-order valence-electron chi connectivity index (χ3n) is 5.54. The van der Waals surface area contributed by atoms with E-state index in [0.29, 0.717) is 24.3 Å². The molecule has 1 N–H and O–H groups in total. The van der Waals surface area contributed by atoms with Gasteiger partial charge in [0.15, 0.2) is 0 Å². The number of hydrogen-bond acceptors (Lipinski definition) is 4. The Morgan fingerprint density at radius 1 is 1.03 bits per heavy atom. The SMILES string of the molecule is N#C/C=C1/CC(c2nc3ccccc3[nH]2)N(C(=O)c2ccc(Oc3ccccc3)cc2)C1. The number of ether oxygens (including phenoxy) is 1. The van der Waals surface area contributed by atoms with Crippen LogP contribution >= 0.6 is 0 Å². The largest absolute Gasteiger partial charge is 0.457 e. The minimum absolute atomic E-state index is 0.108. The summed E-state index contributed by atoms with van der Waals surface area (Å²) >= 11 is 0. The molecule has 1 atom stereocenters. The standard InChI is InChI=1S/C26H20N4O2/c27-15-14-18-16-24(25-28-22-8-4-5-9-23(22)29-25)30(17-18)26(31)19-10-12-21(13-11-19)32-20-6-2-1-3-7-20/h1-14,24H,16-17H2,(H,28,29)/b18-14-. The zero-order valence-corrected chi connectivity index (χ0v) is 17.2. The van der Waals surface area contributed by atoms with Gasteiger partial charge in [-0.3, -0.25) is 4.79 Å². The first-order valence-corrected chi connectivity index (χ1v) is 10.4. The molecule has 156 valence electrons. The lowest BCUT2D eigenvalue weighted by atomic mass is 10.1. The van der Waals surface area contributed by atoms with Crippen LogP contribution in [0.3, 0.4) is 0 Å². The predicted octanol–water partition coefficient (Wildman–Crippen LogP) is 5.39. The molecule has 0 spiro atoms. The van der Waals surface area contributed by atoms with Crippen molar-refractivity contribution >= 4 is 16.9 Å². The number of para-hydroxylation sites is 3. The van der Waals surface area contributed by atoms with E-state index in [9.17, 15) is 4.79 Å². The zero-order chi connectivity index (χ0) is 21.9.